The Hall–Kier alpha value is -3.14. The number of carboxylic acid groups (broad SMARTS) is 1. The van der Waals surface area contributed by atoms with E-state index in [9.17, 15) is 24.3 Å². The van der Waals surface area contributed by atoms with Crippen LogP contribution in [0.3, 0.4) is 0 Å². The molecule has 0 spiro atoms. The lowest BCUT2D eigenvalue weighted by Gasteiger charge is -2.28. The van der Waals surface area contributed by atoms with Crippen LogP contribution in [0.1, 0.15) is 86.1 Å². The van der Waals surface area contributed by atoms with Gasteiger partial charge in [-0.3, -0.25) is 14.4 Å². The smallest absolute Gasteiger partial charge is 0.480 e. The minimum absolute atomic E-state index is 0.00465. The van der Waals surface area contributed by atoms with Gasteiger partial charge in [0.1, 0.15) is 17.7 Å². The normalized spacial score (nSPS) is 15.8. The van der Waals surface area contributed by atoms with Crippen LogP contribution in [-0.4, -0.2) is 46.9 Å². The molecule has 0 aliphatic heterocycles. The number of carbonyl (C=O) groups is 4. The van der Waals surface area contributed by atoms with Crippen LogP contribution in [0.5, 0.6) is 11.5 Å². The molecule has 0 amide bonds. The summed E-state index contributed by atoms with van der Waals surface area (Å²) in [7, 11) is 0. The molecular formula is C28H43NO9. The third-order valence-corrected chi connectivity index (χ3v) is 6.35. The van der Waals surface area contributed by atoms with Crippen molar-refractivity contribution in [3.63, 3.8) is 0 Å². The fourth-order valence-electron chi connectivity index (χ4n) is 3.55. The number of carboxylic acids is 1. The first-order chi connectivity index (χ1) is 17.8. The summed E-state index contributed by atoms with van der Waals surface area (Å²) in [6.45, 7) is 12.4. The molecule has 10 heteroatoms. The summed E-state index contributed by atoms with van der Waals surface area (Å²) in [4.78, 5) is 49.1. The molecule has 1 aromatic carbocycles. The Morgan fingerprint density at radius 3 is 1.89 bits per heavy atom. The molecule has 0 radical (unpaired) electrons. The molecule has 4 unspecified atom stereocenters. The summed E-state index contributed by atoms with van der Waals surface area (Å²) in [6, 6.07) is 4.44. The molecule has 0 fully saturated rings. The molecule has 0 saturated heterocycles. The molecule has 0 aromatic heterocycles. The first-order valence-corrected chi connectivity index (χ1v) is 13.2. The molecule has 5 atom stereocenters. The highest BCUT2D eigenvalue weighted by Crippen LogP contribution is 2.32. The van der Waals surface area contributed by atoms with E-state index in [1.165, 1.54) is 19.1 Å². The fraction of sp³-hybridized carbons (Fsp3) is 0.643. The first kappa shape index (κ1) is 32.9. The van der Waals surface area contributed by atoms with Crippen LogP contribution in [0.2, 0.25) is 0 Å². The number of nitrogens with two attached hydrogens (primary N) is 1. The Balaban J connectivity index is 3.16. The number of esters is 2. The molecule has 0 aliphatic carbocycles. The lowest BCUT2D eigenvalue weighted by atomic mass is 9.86. The second kappa shape index (κ2) is 15.3. The number of hydrogen-bond acceptors (Lipinski definition) is 9. The minimum atomic E-state index is -1.82. The van der Waals surface area contributed by atoms with Crippen molar-refractivity contribution in [2.45, 2.75) is 105 Å². The summed E-state index contributed by atoms with van der Waals surface area (Å²) >= 11 is 0. The van der Waals surface area contributed by atoms with Crippen molar-refractivity contribution in [3.05, 3.63) is 23.8 Å². The first-order valence-electron chi connectivity index (χ1n) is 13.2. The second-order valence-electron chi connectivity index (χ2n) is 9.98. The van der Waals surface area contributed by atoms with E-state index in [0.717, 1.165) is 6.42 Å². The minimum Gasteiger partial charge on any atom is -0.480 e. The van der Waals surface area contributed by atoms with Gasteiger partial charge in [-0.25, -0.2) is 4.79 Å². The van der Waals surface area contributed by atoms with E-state index in [1.807, 2.05) is 20.8 Å². The van der Waals surface area contributed by atoms with Crippen LogP contribution < -0.4 is 15.2 Å². The van der Waals surface area contributed by atoms with Gasteiger partial charge in [0.15, 0.2) is 11.5 Å². The van der Waals surface area contributed by atoms with Crippen molar-refractivity contribution in [2.24, 2.45) is 17.6 Å². The van der Waals surface area contributed by atoms with Gasteiger partial charge in [0.25, 0.3) is 0 Å². The topological polar surface area (TPSA) is 151 Å². The summed E-state index contributed by atoms with van der Waals surface area (Å²) in [6.07, 6.45) is 0.171. The van der Waals surface area contributed by atoms with E-state index < -0.39 is 41.6 Å². The zero-order valence-electron chi connectivity index (χ0n) is 23.6. The van der Waals surface area contributed by atoms with Crippen LogP contribution in [-0.2, 0) is 30.3 Å². The van der Waals surface area contributed by atoms with Crippen LogP contribution in [0.15, 0.2) is 18.2 Å². The number of ether oxygens (including phenoxy) is 4. The van der Waals surface area contributed by atoms with Gasteiger partial charge in [-0.05, 0) is 50.8 Å². The van der Waals surface area contributed by atoms with Gasteiger partial charge in [0.05, 0.1) is 11.8 Å². The van der Waals surface area contributed by atoms with Gasteiger partial charge >= 0.3 is 24.1 Å². The third-order valence-electron chi connectivity index (χ3n) is 6.35. The standard InChI is InChI=1S/C28H43NO9/c1-8-11-19(6)35-27(34)36-20(7)15-28(29,26(32)33)16-21-12-13-22(37-24(30)17(4)9-2)23(14-21)38-25(31)18(5)10-3/h12-14,17-20H,8-11,15-16,29H2,1-7H3,(H,32,33)/t17?,18?,19?,20-,28?/m0/s1. The summed E-state index contributed by atoms with van der Waals surface area (Å²) in [5, 5.41) is 9.92. The SMILES string of the molecule is CCCC(C)OC(=O)O[C@@H](C)CC(N)(Cc1ccc(OC(=O)C(C)CC)c(OC(=O)C(C)CC)c1)C(=O)O. The third kappa shape index (κ3) is 10.3. The molecule has 0 aliphatic rings. The Morgan fingerprint density at radius 1 is 0.868 bits per heavy atom. The number of hydrogen-bond donors (Lipinski definition) is 2. The molecule has 0 bridgehead atoms. The van der Waals surface area contributed by atoms with Crippen LogP contribution in [0.4, 0.5) is 4.79 Å². The molecule has 1 rings (SSSR count). The summed E-state index contributed by atoms with van der Waals surface area (Å²) in [5.74, 6) is -3.02. The lowest BCUT2D eigenvalue weighted by molar-refractivity contribution is -0.145. The zero-order chi connectivity index (χ0) is 29.0. The molecule has 1 aromatic rings. The van der Waals surface area contributed by atoms with Crippen LogP contribution in [0.25, 0.3) is 0 Å². The Kier molecular flexibility index (Phi) is 13.3. The molecule has 38 heavy (non-hydrogen) atoms. The van der Waals surface area contributed by atoms with E-state index >= 15 is 0 Å². The largest absolute Gasteiger partial charge is 0.508 e. The zero-order valence-corrected chi connectivity index (χ0v) is 23.6. The molecular weight excluding hydrogens is 494 g/mol. The van der Waals surface area contributed by atoms with Crippen LogP contribution >= 0.6 is 0 Å². The summed E-state index contributed by atoms with van der Waals surface area (Å²) < 4.78 is 21.4. The fourth-order valence-corrected chi connectivity index (χ4v) is 3.55. The quantitative estimate of drug-likeness (QED) is 0.230. The molecule has 0 saturated carbocycles. The average molecular weight is 538 g/mol. The predicted octanol–water partition coefficient (Wildman–Crippen LogP) is 5.03. The number of benzene rings is 1. The van der Waals surface area contributed by atoms with E-state index in [2.05, 4.69) is 0 Å². The van der Waals surface area contributed by atoms with Crippen LogP contribution in [0, 0.1) is 11.8 Å². The van der Waals surface area contributed by atoms with E-state index in [4.69, 9.17) is 24.7 Å². The van der Waals surface area contributed by atoms with E-state index in [-0.39, 0.29) is 36.4 Å². The average Bonchev–Trinajstić information content (AvgIpc) is 2.83. The maximum atomic E-state index is 12.5. The number of carbonyl (C=O) groups excluding carboxylic acids is 3. The van der Waals surface area contributed by atoms with Gasteiger partial charge in [-0.15, -0.1) is 0 Å². The van der Waals surface area contributed by atoms with Gasteiger partial charge < -0.3 is 29.8 Å². The van der Waals surface area contributed by atoms with Gasteiger partial charge in [-0.2, -0.15) is 0 Å². The molecule has 214 valence electrons. The Bertz CT molecular complexity index is 964. The van der Waals surface area contributed by atoms with Crippen molar-refractivity contribution >= 4 is 24.1 Å². The molecule has 10 nitrogen and oxygen atoms in total. The highest BCUT2D eigenvalue weighted by Gasteiger charge is 2.37. The number of rotatable bonds is 15. The van der Waals surface area contributed by atoms with Crippen molar-refractivity contribution in [3.8, 4) is 11.5 Å². The number of aliphatic carboxylic acids is 1. The maximum absolute atomic E-state index is 12.5. The Labute approximate surface area is 225 Å². The second-order valence-corrected chi connectivity index (χ2v) is 9.98. The summed E-state index contributed by atoms with van der Waals surface area (Å²) in [5.41, 5.74) is 4.88. The van der Waals surface area contributed by atoms with Gasteiger partial charge in [0.2, 0.25) is 0 Å². The van der Waals surface area contributed by atoms with Gasteiger partial charge in [0, 0.05) is 12.8 Å². The van der Waals surface area contributed by atoms with Gasteiger partial charge in [-0.1, -0.05) is 47.1 Å². The Morgan fingerprint density at radius 2 is 1.39 bits per heavy atom. The predicted molar refractivity (Wildman–Crippen MR) is 141 cm³/mol. The van der Waals surface area contributed by atoms with Crippen molar-refractivity contribution in [1.82, 2.24) is 0 Å². The van der Waals surface area contributed by atoms with Crippen molar-refractivity contribution in [1.29, 1.82) is 0 Å². The monoisotopic (exact) mass is 537 g/mol. The highest BCUT2D eigenvalue weighted by molar-refractivity contribution is 5.80. The highest BCUT2D eigenvalue weighted by atomic mass is 16.7. The van der Waals surface area contributed by atoms with E-state index in [0.29, 0.717) is 24.8 Å². The van der Waals surface area contributed by atoms with E-state index in [1.54, 1.807) is 26.8 Å². The maximum Gasteiger partial charge on any atom is 0.508 e. The molecule has 0 heterocycles. The van der Waals surface area contributed by atoms with Crippen molar-refractivity contribution in [2.75, 3.05) is 0 Å². The lowest BCUT2D eigenvalue weighted by Crippen LogP contribution is -2.52. The molecule has 3 N–H and O–H groups in total. The van der Waals surface area contributed by atoms with Crippen molar-refractivity contribution < 1.29 is 43.2 Å².